The van der Waals surface area contributed by atoms with Crippen LogP contribution in [0, 0.1) is 0 Å². The molecule has 2 saturated heterocycles. The number of carbonyl (C=O) groups excluding carboxylic acids is 2. The average molecular weight is 720 g/mol. The van der Waals surface area contributed by atoms with Crippen LogP contribution in [0.2, 0.25) is 10.0 Å². The normalized spacial score (nSPS) is 16.4. The number of primary amides is 1. The van der Waals surface area contributed by atoms with Crippen LogP contribution in [0.15, 0.2) is 48.8 Å². The number of halogens is 2. The number of ether oxygens (including phenoxy) is 2. The van der Waals surface area contributed by atoms with Gasteiger partial charge in [-0.15, -0.1) is 0 Å². The molecule has 0 bridgehead atoms. The molecule has 1 atom stereocenters. The Morgan fingerprint density at radius 1 is 0.900 bits per heavy atom. The summed E-state index contributed by atoms with van der Waals surface area (Å²) in [5.41, 5.74) is 10.8. The third kappa shape index (κ3) is 7.93. The fourth-order valence-electron chi connectivity index (χ4n) is 6.50. The molecule has 3 amide bonds. The molecule has 2 fully saturated rings. The third-order valence-corrected chi connectivity index (χ3v) is 10.1. The molecule has 12 nitrogen and oxygen atoms in total. The monoisotopic (exact) mass is 718 g/mol. The van der Waals surface area contributed by atoms with Crippen LogP contribution in [-0.4, -0.2) is 76.2 Å². The molecule has 0 saturated carbocycles. The van der Waals surface area contributed by atoms with Gasteiger partial charge in [-0.05, 0) is 38.5 Å². The van der Waals surface area contributed by atoms with Gasteiger partial charge in [-0.3, -0.25) is 14.8 Å². The summed E-state index contributed by atoms with van der Waals surface area (Å²) in [7, 11) is 3.14. The Bertz CT molecular complexity index is 1870. The Balaban J connectivity index is 1.19. The smallest absolute Gasteiger partial charge is 0.314 e. The summed E-state index contributed by atoms with van der Waals surface area (Å²) in [6.45, 7) is 1.70. The van der Waals surface area contributed by atoms with Crippen molar-refractivity contribution >= 4 is 35.1 Å². The quantitative estimate of drug-likeness (QED) is 0.164. The number of rotatable bonds is 12. The molecule has 2 aromatic heterocycles. The van der Waals surface area contributed by atoms with Crippen molar-refractivity contribution in [3.05, 3.63) is 70.2 Å². The highest BCUT2D eigenvalue weighted by Gasteiger charge is 2.23. The molecular weight excluding hydrogens is 679 g/mol. The number of nitrogens with two attached hydrogens (primary N) is 1. The molecule has 2 aliphatic heterocycles. The lowest BCUT2D eigenvalue weighted by Crippen LogP contribution is -2.46. The molecule has 262 valence electrons. The number of methoxy groups -OCH3 is 2. The average Bonchev–Trinajstić information content (AvgIpc) is 3.55. The maximum atomic E-state index is 11.5. The number of aryl methyl sites for hydroxylation is 1. The van der Waals surface area contributed by atoms with E-state index in [1.165, 1.54) is 0 Å². The molecule has 0 unspecified atom stereocenters. The van der Waals surface area contributed by atoms with Crippen molar-refractivity contribution in [3.8, 4) is 45.4 Å². The fraction of sp³-hybridized carbons (Fsp3) is 0.389. The van der Waals surface area contributed by atoms with Crippen LogP contribution in [0.3, 0.4) is 0 Å². The number of benzene rings is 2. The lowest BCUT2D eigenvalue weighted by Gasteiger charge is -2.31. The minimum Gasteiger partial charge on any atom is -0.480 e. The van der Waals surface area contributed by atoms with Gasteiger partial charge in [0, 0.05) is 60.4 Å². The lowest BCUT2D eigenvalue weighted by atomic mass is 9.98. The van der Waals surface area contributed by atoms with Gasteiger partial charge in [0.05, 0.1) is 48.0 Å². The molecule has 0 radical (unpaired) electrons. The van der Waals surface area contributed by atoms with Gasteiger partial charge in [0.2, 0.25) is 17.7 Å². The van der Waals surface area contributed by atoms with E-state index in [-0.39, 0.29) is 24.0 Å². The van der Waals surface area contributed by atoms with E-state index in [1.54, 1.807) is 31.5 Å². The zero-order valence-corrected chi connectivity index (χ0v) is 29.6. The highest BCUT2D eigenvalue weighted by atomic mass is 35.5. The fourth-order valence-corrected chi connectivity index (χ4v) is 7.15. The number of nitrogens with zero attached hydrogens (tertiary/aromatic N) is 5. The van der Waals surface area contributed by atoms with E-state index in [0.29, 0.717) is 82.5 Å². The summed E-state index contributed by atoms with van der Waals surface area (Å²) in [6, 6.07) is 11.5. The van der Waals surface area contributed by atoms with Crippen LogP contribution >= 0.6 is 23.2 Å². The van der Waals surface area contributed by atoms with Gasteiger partial charge in [-0.25, -0.2) is 14.8 Å². The first-order valence-electron chi connectivity index (χ1n) is 16.7. The van der Waals surface area contributed by atoms with E-state index in [2.05, 4.69) is 20.6 Å². The van der Waals surface area contributed by atoms with E-state index in [9.17, 15) is 9.59 Å². The second-order valence-electron chi connectivity index (χ2n) is 12.4. The van der Waals surface area contributed by atoms with Crippen molar-refractivity contribution in [3.63, 3.8) is 0 Å². The van der Waals surface area contributed by atoms with Gasteiger partial charge in [0.15, 0.2) is 0 Å². The van der Waals surface area contributed by atoms with Crippen molar-refractivity contribution in [2.24, 2.45) is 5.73 Å². The molecule has 4 aromatic rings. The third-order valence-electron chi connectivity index (χ3n) is 9.27. The van der Waals surface area contributed by atoms with Gasteiger partial charge < -0.3 is 30.7 Å². The summed E-state index contributed by atoms with van der Waals surface area (Å²) < 4.78 is 11.2. The first-order chi connectivity index (χ1) is 24.2. The predicted molar refractivity (Wildman–Crippen MR) is 192 cm³/mol. The Kier molecular flexibility index (Phi) is 11.3. The number of urea groups is 1. The van der Waals surface area contributed by atoms with Crippen LogP contribution < -0.4 is 25.8 Å². The molecule has 4 heterocycles. The molecule has 0 aliphatic carbocycles. The molecule has 50 heavy (non-hydrogen) atoms. The highest BCUT2D eigenvalue weighted by molar-refractivity contribution is 6.39. The molecule has 14 heteroatoms. The number of aromatic nitrogens is 4. The summed E-state index contributed by atoms with van der Waals surface area (Å²) in [5, 5.41) is 7.44. The van der Waals surface area contributed by atoms with Crippen LogP contribution in [0.25, 0.3) is 33.6 Å². The van der Waals surface area contributed by atoms with Crippen molar-refractivity contribution < 1.29 is 19.1 Å². The predicted octanol–water partition coefficient (Wildman–Crippen LogP) is 5.83. The summed E-state index contributed by atoms with van der Waals surface area (Å²) in [5.74, 6) is 0.958. The summed E-state index contributed by atoms with van der Waals surface area (Å²) in [6.07, 6.45) is 8.88. The van der Waals surface area contributed by atoms with E-state index >= 15 is 0 Å². The number of hydrogen-bond donors (Lipinski definition) is 3. The SMILES string of the molecule is COc1nc(-c2cccc(-c3cccc(-c4cnc(CNC5CCN(C(N)=O)CC5)c(OC)n4)c3Cl)c2Cl)cnc1CCC[C@@H]1CCC(=O)N1. The Morgan fingerprint density at radius 2 is 1.46 bits per heavy atom. The zero-order valence-electron chi connectivity index (χ0n) is 28.0. The lowest BCUT2D eigenvalue weighted by molar-refractivity contribution is -0.119. The second-order valence-corrected chi connectivity index (χ2v) is 13.2. The van der Waals surface area contributed by atoms with Gasteiger partial charge in [-0.1, -0.05) is 59.6 Å². The highest BCUT2D eigenvalue weighted by Crippen LogP contribution is 2.42. The van der Waals surface area contributed by atoms with Crippen LogP contribution in [0.5, 0.6) is 11.8 Å². The number of likely N-dealkylation sites (tertiary alicyclic amines) is 1. The van der Waals surface area contributed by atoms with E-state index < -0.39 is 0 Å². The topological polar surface area (TPSA) is 157 Å². The molecule has 4 N–H and O–H groups in total. The number of amides is 3. The Labute approximate surface area is 301 Å². The van der Waals surface area contributed by atoms with Crippen LogP contribution in [0.1, 0.15) is 49.9 Å². The maximum absolute atomic E-state index is 11.5. The molecule has 2 aromatic carbocycles. The zero-order chi connectivity index (χ0) is 35.2. The van der Waals surface area contributed by atoms with Crippen LogP contribution in [0.4, 0.5) is 4.79 Å². The minimum absolute atomic E-state index is 0.119. The van der Waals surface area contributed by atoms with Crippen molar-refractivity contribution in [1.29, 1.82) is 0 Å². The van der Waals surface area contributed by atoms with Gasteiger partial charge >= 0.3 is 6.03 Å². The largest absolute Gasteiger partial charge is 0.480 e. The number of nitrogens with one attached hydrogen (secondary N) is 2. The first kappa shape index (κ1) is 35.3. The van der Waals surface area contributed by atoms with Crippen molar-refractivity contribution in [1.82, 2.24) is 35.5 Å². The summed E-state index contributed by atoms with van der Waals surface area (Å²) >= 11 is 14.1. The Hall–Kier alpha value is -4.52. The molecular formula is C36H40Cl2N8O4. The molecule has 2 aliphatic rings. The van der Waals surface area contributed by atoms with Crippen molar-refractivity contribution in [2.75, 3.05) is 27.3 Å². The summed E-state index contributed by atoms with van der Waals surface area (Å²) in [4.78, 5) is 43.5. The molecule has 0 spiro atoms. The number of hydrogen-bond acceptors (Lipinski definition) is 9. The van der Waals surface area contributed by atoms with Crippen LogP contribution in [-0.2, 0) is 17.8 Å². The van der Waals surface area contributed by atoms with E-state index in [0.717, 1.165) is 48.9 Å². The number of carbonyl (C=O) groups is 2. The van der Waals surface area contributed by atoms with Gasteiger partial charge in [-0.2, -0.15) is 0 Å². The van der Waals surface area contributed by atoms with Gasteiger partial charge in [0.1, 0.15) is 11.4 Å². The minimum atomic E-state index is -0.385. The standard InChI is InChI=1S/C36H40Cl2N8O4/c1-49-34-27(11-3-6-22-12-13-31(47)43-22)41-18-28(44-34)25-9-4-7-23(32(25)37)24-8-5-10-26(33(24)38)29-19-42-30(35(45-29)50-2)20-40-21-14-16-46(17-15-21)36(39)48/h4-5,7-10,18-19,21-22,40H,3,6,11-17,20H2,1-2H3,(H2,39,48)(H,43,47)/t22-/m1/s1. The van der Waals surface area contributed by atoms with Crippen molar-refractivity contribution in [2.45, 2.75) is 63.6 Å². The molecule has 6 rings (SSSR count). The van der Waals surface area contributed by atoms with E-state index in [4.69, 9.17) is 48.4 Å². The van der Waals surface area contributed by atoms with Gasteiger partial charge in [0.25, 0.3) is 0 Å². The first-order valence-corrected chi connectivity index (χ1v) is 17.5. The second kappa shape index (κ2) is 16.0. The number of piperidine rings is 1. The van der Waals surface area contributed by atoms with E-state index in [1.807, 2.05) is 36.4 Å². The maximum Gasteiger partial charge on any atom is 0.314 e. The Morgan fingerprint density at radius 3 is 2.00 bits per heavy atom.